The molecule has 2 aliphatic heterocycles. The van der Waals surface area contributed by atoms with Gasteiger partial charge in [0.25, 0.3) is 0 Å². The van der Waals surface area contributed by atoms with Crippen LogP contribution >= 0.6 is 0 Å². The summed E-state index contributed by atoms with van der Waals surface area (Å²) in [6.07, 6.45) is 2.22. The van der Waals surface area contributed by atoms with Crippen LogP contribution in [0.15, 0.2) is 48.6 Å². The highest BCUT2D eigenvalue weighted by Gasteiger charge is 2.31. The molecule has 1 nitrogen and oxygen atoms in total. The summed E-state index contributed by atoms with van der Waals surface area (Å²) in [7, 11) is 0. The van der Waals surface area contributed by atoms with E-state index in [0.717, 1.165) is 19.5 Å². The molecule has 1 saturated heterocycles. The van der Waals surface area contributed by atoms with Crippen LogP contribution in [0, 0.1) is 0 Å². The second-order valence-electron chi connectivity index (χ2n) is 4.85. The summed E-state index contributed by atoms with van der Waals surface area (Å²) in [6, 6.07) is 9.37. The third-order valence-electron chi connectivity index (χ3n) is 3.86. The molecule has 16 heavy (non-hydrogen) atoms. The van der Waals surface area contributed by atoms with Gasteiger partial charge in [-0.2, -0.15) is 0 Å². The van der Waals surface area contributed by atoms with Crippen molar-refractivity contribution >= 4 is 0 Å². The van der Waals surface area contributed by atoms with Crippen molar-refractivity contribution in [2.45, 2.75) is 18.9 Å². The lowest BCUT2D eigenvalue weighted by molar-refractivity contribution is 0.186. The Labute approximate surface area is 97.1 Å². The molecule has 0 amide bonds. The number of nitrogens with zero attached hydrogens (tertiary/aromatic N) is 1. The Hall–Kier alpha value is -1.34. The second-order valence-corrected chi connectivity index (χ2v) is 4.85. The van der Waals surface area contributed by atoms with Gasteiger partial charge in [0.15, 0.2) is 0 Å². The SMILES string of the molecule is C=C1CC2c3ccccc3CCN2CC1=C. The predicted molar refractivity (Wildman–Crippen MR) is 67.4 cm³/mol. The van der Waals surface area contributed by atoms with Crippen LogP contribution in [0.3, 0.4) is 0 Å². The van der Waals surface area contributed by atoms with Crippen LogP contribution in [0.5, 0.6) is 0 Å². The molecule has 0 N–H and O–H groups in total. The maximum atomic E-state index is 4.13. The standard InChI is InChI=1S/C15H17N/c1-11-9-15-14-6-4-3-5-13(14)7-8-16(15)10-12(11)2/h3-6,15H,1-2,7-10H2. The van der Waals surface area contributed by atoms with Gasteiger partial charge in [-0.05, 0) is 35.1 Å². The molecule has 0 aromatic heterocycles. The van der Waals surface area contributed by atoms with Crippen LogP contribution in [-0.4, -0.2) is 18.0 Å². The average Bonchev–Trinajstić information content (AvgIpc) is 2.31. The van der Waals surface area contributed by atoms with E-state index in [1.165, 1.54) is 28.7 Å². The summed E-state index contributed by atoms with van der Waals surface area (Å²) >= 11 is 0. The van der Waals surface area contributed by atoms with Gasteiger partial charge in [0.1, 0.15) is 0 Å². The van der Waals surface area contributed by atoms with Crippen molar-refractivity contribution in [1.29, 1.82) is 0 Å². The number of hydrogen-bond acceptors (Lipinski definition) is 1. The zero-order valence-electron chi connectivity index (χ0n) is 9.58. The number of benzene rings is 1. The van der Waals surface area contributed by atoms with Gasteiger partial charge in [0.2, 0.25) is 0 Å². The third kappa shape index (κ3) is 1.43. The Kier molecular flexibility index (Phi) is 2.22. The molecular formula is C15H17N. The topological polar surface area (TPSA) is 3.24 Å². The van der Waals surface area contributed by atoms with Crippen LogP contribution in [0.2, 0.25) is 0 Å². The first kappa shape index (κ1) is 9.86. The molecule has 2 heterocycles. The maximum Gasteiger partial charge on any atom is 0.0394 e. The van der Waals surface area contributed by atoms with Crippen LogP contribution in [0.1, 0.15) is 23.6 Å². The summed E-state index contributed by atoms with van der Waals surface area (Å²) in [5, 5.41) is 0. The van der Waals surface area contributed by atoms with Crippen molar-refractivity contribution in [2.75, 3.05) is 13.1 Å². The highest BCUT2D eigenvalue weighted by molar-refractivity contribution is 5.39. The van der Waals surface area contributed by atoms with E-state index in [1.807, 2.05) is 0 Å². The highest BCUT2D eigenvalue weighted by Crippen LogP contribution is 2.39. The summed E-state index contributed by atoms with van der Waals surface area (Å²) in [6.45, 7) is 10.4. The minimum absolute atomic E-state index is 0.544. The predicted octanol–water partition coefficient (Wildman–Crippen LogP) is 3.10. The van der Waals surface area contributed by atoms with Crippen LogP contribution in [0.4, 0.5) is 0 Å². The minimum Gasteiger partial charge on any atom is -0.291 e. The van der Waals surface area contributed by atoms with Crippen molar-refractivity contribution in [3.8, 4) is 0 Å². The zero-order chi connectivity index (χ0) is 11.1. The molecule has 1 atom stereocenters. The molecule has 1 fully saturated rings. The van der Waals surface area contributed by atoms with Crippen molar-refractivity contribution in [3.05, 3.63) is 59.7 Å². The van der Waals surface area contributed by atoms with Gasteiger partial charge < -0.3 is 0 Å². The normalized spacial score (nSPS) is 25.1. The Morgan fingerprint density at radius 2 is 1.94 bits per heavy atom. The smallest absolute Gasteiger partial charge is 0.0394 e. The van der Waals surface area contributed by atoms with E-state index in [0.29, 0.717) is 6.04 Å². The van der Waals surface area contributed by atoms with E-state index in [-0.39, 0.29) is 0 Å². The molecule has 82 valence electrons. The van der Waals surface area contributed by atoms with E-state index in [2.05, 4.69) is 42.3 Å². The summed E-state index contributed by atoms with van der Waals surface area (Å²) in [5.74, 6) is 0. The molecular weight excluding hydrogens is 194 g/mol. The maximum absolute atomic E-state index is 4.13. The summed E-state index contributed by atoms with van der Waals surface area (Å²) in [5.41, 5.74) is 5.47. The van der Waals surface area contributed by atoms with Crippen molar-refractivity contribution in [1.82, 2.24) is 4.90 Å². The third-order valence-corrected chi connectivity index (χ3v) is 3.86. The number of hydrogen-bond donors (Lipinski definition) is 0. The summed E-state index contributed by atoms with van der Waals surface area (Å²) < 4.78 is 0. The molecule has 1 unspecified atom stereocenters. The van der Waals surface area contributed by atoms with E-state index in [4.69, 9.17) is 0 Å². The fourth-order valence-electron chi connectivity index (χ4n) is 2.87. The Bertz CT molecular complexity index is 458. The largest absolute Gasteiger partial charge is 0.291 e. The van der Waals surface area contributed by atoms with Crippen molar-refractivity contribution in [2.24, 2.45) is 0 Å². The van der Waals surface area contributed by atoms with Crippen molar-refractivity contribution in [3.63, 3.8) is 0 Å². The molecule has 1 heteroatoms. The van der Waals surface area contributed by atoms with Gasteiger partial charge in [-0.25, -0.2) is 0 Å². The summed E-state index contributed by atoms with van der Waals surface area (Å²) in [4.78, 5) is 2.54. The molecule has 0 bridgehead atoms. The van der Waals surface area contributed by atoms with E-state index < -0.39 is 0 Å². The molecule has 1 aromatic carbocycles. The van der Waals surface area contributed by atoms with Gasteiger partial charge in [0.05, 0.1) is 0 Å². The number of rotatable bonds is 0. The first-order chi connectivity index (χ1) is 7.75. The minimum atomic E-state index is 0.544. The molecule has 0 saturated carbocycles. The number of fused-ring (bicyclic) bond motifs is 3. The second kappa shape index (κ2) is 3.60. The van der Waals surface area contributed by atoms with E-state index >= 15 is 0 Å². The Balaban J connectivity index is 2.00. The zero-order valence-corrected chi connectivity index (χ0v) is 9.58. The van der Waals surface area contributed by atoms with Crippen LogP contribution in [0.25, 0.3) is 0 Å². The molecule has 2 aliphatic rings. The Morgan fingerprint density at radius 1 is 1.12 bits per heavy atom. The van der Waals surface area contributed by atoms with Gasteiger partial charge in [-0.1, -0.05) is 37.4 Å². The van der Waals surface area contributed by atoms with E-state index in [9.17, 15) is 0 Å². The van der Waals surface area contributed by atoms with Gasteiger partial charge >= 0.3 is 0 Å². The first-order valence-electron chi connectivity index (χ1n) is 5.93. The van der Waals surface area contributed by atoms with Crippen molar-refractivity contribution < 1.29 is 0 Å². The lowest BCUT2D eigenvalue weighted by Crippen LogP contribution is -2.40. The van der Waals surface area contributed by atoms with Gasteiger partial charge in [0, 0.05) is 19.1 Å². The monoisotopic (exact) mass is 211 g/mol. The average molecular weight is 211 g/mol. The molecule has 0 aliphatic carbocycles. The van der Waals surface area contributed by atoms with E-state index in [1.54, 1.807) is 0 Å². The molecule has 1 aromatic rings. The highest BCUT2D eigenvalue weighted by atomic mass is 15.2. The van der Waals surface area contributed by atoms with Gasteiger partial charge in [-0.15, -0.1) is 0 Å². The Morgan fingerprint density at radius 3 is 2.81 bits per heavy atom. The molecule has 3 rings (SSSR count). The van der Waals surface area contributed by atoms with Crippen LogP contribution in [-0.2, 0) is 6.42 Å². The number of piperidine rings is 1. The molecule has 0 radical (unpaired) electrons. The lowest BCUT2D eigenvalue weighted by atomic mass is 9.84. The fraction of sp³-hybridized carbons (Fsp3) is 0.333. The lowest BCUT2D eigenvalue weighted by Gasteiger charge is -2.42. The fourth-order valence-corrected chi connectivity index (χ4v) is 2.87. The first-order valence-corrected chi connectivity index (χ1v) is 5.93. The molecule has 0 spiro atoms. The quantitative estimate of drug-likeness (QED) is 0.637. The van der Waals surface area contributed by atoms with Crippen LogP contribution < -0.4 is 0 Å². The van der Waals surface area contributed by atoms with Gasteiger partial charge in [-0.3, -0.25) is 4.90 Å².